The molecular weight excluding hydrogens is 360 g/mol. The highest BCUT2D eigenvalue weighted by molar-refractivity contribution is 7.73. The zero-order chi connectivity index (χ0) is 18.7. The van der Waals surface area contributed by atoms with E-state index in [0.29, 0.717) is 44.1 Å². The molecular formula is C16H16N4O5S. The van der Waals surface area contributed by atoms with Gasteiger partial charge in [0.1, 0.15) is 12.1 Å². The quantitative estimate of drug-likeness (QED) is 0.379. The van der Waals surface area contributed by atoms with E-state index in [9.17, 15) is 8.42 Å². The maximum atomic E-state index is 10.9. The van der Waals surface area contributed by atoms with Crippen LogP contribution in [0.25, 0.3) is 10.9 Å². The summed E-state index contributed by atoms with van der Waals surface area (Å²) in [6.45, 7) is 0. The van der Waals surface area contributed by atoms with Crippen molar-refractivity contribution < 1.29 is 22.6 Å². The van der Waals surface area contributed by atoms with Gasteiger partial charge in [0.05, 0.1) is 30.8 Å². The van der Waals surface area contributed by atoms with E-state index >= 15 is 0 Å². The van der Waals surface area contributed by atoms with Crippen LogP contribution in [0.4, 0.5) is 5.69 Å². The molecule has 9 nitrogen and oxygen atoms in total. The number of aromatic nitrogens is 2. The first-order valence-electron chi connectivity index (χ1n) is 7.37. The summed E-state index contributed by atoms with van der Waals surface area (Å²) in [5.41, 5.74) is 0.938. The van der Waals surface area contributed by atoms with Crippen molar-refractivity contribution in [1.82, 2.24) is 9.97 Å². The molecule has 0 saturated heterocycles. The van der Waals surface area contributed by atoms with Crippen LogP contribution in [0.5, 0.6) is 23.1 Å². The molecule has 0 atom stereocenters. The number of hydrazine groups is 1. The van der Waals surface area contributed by atoms with Crippen LogP contribution in [0.1, 0.15) is 0 Å². The molecule has 0 aliphatic carbocycles. The maximum Gasteiger partial charge on any atom is 0.238 e. The van der Waals surface area contributed by atoms with Crippen molar-refractivity contribution in [2.75, 3.05) is 18.6 Å². The Balaban J connectivity index is 1.96. The van der Waals surface area contributed by atoms with Crippen molar-refractivity contribution in [3.8, 4) is 23.1 Å². The van der Waals surface area contributed by atoms with Gasteiger partial charge in [-0.2, -0.15) is 0 Å². The van der Waals surface area contributed by atoms with Gasteiger partial charge >= 0.3 is 0 Å². The second kappa shape index (κ2) is 7.42. The highest BCUT2D eigenvalue weighted by Crippen LogP contribution is 2.35. The van der Waals surface area contributed by atoms with Gasteiger partial charge in [0.25, 0.3) is 0 Å². The highest BCUT2D eigenvalue weighted by atomic mass is 32.2. The predicted octanol–water partition coefficient (Wildman–Crippen LogP) is 1.65. The van der Waals surface area contributed by atoms with E-state index in [0.717, 1.165) is 0 Å². The number of benzene rings is 2. The Labute approximate surface area is 151 Å². The van der Waals surface area contributed by atoms with Crippen LogP contribution in [0.3, 0.4) is 0 Å². The minimum absolute atomic E-state index is 0.312. The lowest BCUT2D eigenvalue weighted by molar-refractivity contribution is 0.355. The standard InChI is InChI=1S/C16H16N4O5S/c1-23-14-7-12-13(8-15(14)24-2)18-9-19-16(12)25-11-5-3-10(4-6-11)20(17)26(21)22/h3-9,26H,17H2,1-2H3. The zero-order valence-corrected chi connectivity index (χ0v) is 14.8. The van der Waals surface area contributed by atoms with Gasteiger partial charge < -0.3 is 14.2 Å². The lowest BCUT2D eigenvalue weighted by Gasteiger charge is -2.13. The molecule has 0 unspecified atom stereocenters. The van der Waals surface area contributed by atoms with Crippen molar-refractivity contribution >= 4 is 27.5 Å². The van der Waals surface area contributed by atoms with Gasteiger partial charge in [-0.3, -0.25) is 0 Å². The summed E-state index contributed by atoms with van der Waals surface area (Å²) >= 11 is 0. The topological polar surface area (TPSA) is 117 Å². The maximum absolute atomic E-state index is 10.9. The third kappa shape index (κ3) is 3.46. The number of hydrogen-bond acceptors (Lipinski definition) is 8. The highest BCUT2D eigenvalue weighted by Gasteiger charge is 2.12. The van der Waals surface area contributed by atoms with Crippen LogP contribution in [0.2, 0.25) is 0 Å². The Hall–Kier alpha value is -3.11. The fourth-order valence-corrected chi connectivity index (χ4v) is 2.64. The first-order chi connectivity index (χ1) is 12.5. The van der Waals surface area contributed by atoms with Crippen molar-refractivity contribution in [2.24, 2.45) is 5.84 Å². The Morgan fingerprint density at radius 3 is 2.27 bits per heavy atom. The van der Waals surface area contributed by atoms with E-state index in [1.165, 1.54) is 25.6 Å². The van der Waals surface area contributed by atoms with Crippen LogP contribution >= 0.6 is 0 Å². The molecule has 136 valence electrons. The summed E-state index contributed by atoms with van der Waals surface area (Å²) in [6.07, 6.45) is 1.38. The van der Waals surface area contributed by atoms with E-state index in [-0.39, 0.29) is 0 Å². The number of rotatable bonds is 6. The Morgan fingerprint density at radius 2 is 1.65 bits per heavy atom. The molecule has 0 bridgehead atoms. The number of fused-ring (bicyclic) bond motifs is 1. The number of ether oxygens (including phenoxy) is 3. The Kier molecular flexibility index (Phi) is 5.05. The largest absolute Gasteiger partial charge is 0.493 e. The number of hydrogen-bond donors (Lipinski definition) is 2. The van der Waals surface area contributed by atoms with E-state index in [4.69, 9.17) is 20.1 Å². The first kappa shape index (κ1) is 17.7. The van der Waals surface area contributed by atoms with Gasteiger partial charge in [-0.1, -0.05) is 0 Å². The number of nitrogens with two attached hydrogens (primary N) is 1. The average Bonchev–Trinajstić information content (AvgIpc) is 2.67. The summed E-state index contributed by atoms with van der Waals surface area (Å²) in [4.78, 5) is 8.36. The van der Waals surface area contributed by atoms with Crippen LogP contribution in [0, 0.1) is 0 Å². The fraction of sp³-hybridized carbons (Fsp3) is 0.125. The van der Waals surface area contributed by atoms with Crippen molar-refractivity contribution in [1.29, 1.82) is 0 Å². The molecule has 0 radical (unpaired) electrons. The minimum atomic E-state index is -2.91. The number of thiol groups is 1. The molecule has 0 aliphatic heterocycles. The third-order valence-corrected chi connectivity index (χ3v) is 4.18. The molecule has 2 N–H and O–H groups in total. The third-order valence-electron chi connectivity index (χ3n) is 3.60. The first-order valence-corrected chi connectivity index (χ1v) is 8.50. The number of anilines is 1. The van der Waals surface area contributed by atoms with Gasteiger partial charge in [0.15, 0.2) is 11.5 Å². The summed E-state index contributed by atoms with van der Waals surface area (Å²) in [6, 6.07) is 9.66. The molecule has 0 spiro atoms. The SMILES string of the molecule is COc1cc2ncnc(Oc3ccc(N(N)[SH](=O)=O)cc3)c2cc1OC. The van der Waals surface area contributed by atoms with Gasteiger partial charge in [-0.15, -0.1) is 0 Å². The molecule has 1 heterocycles. The van der Waals surface area contributed by atoms with Gasteiger partial charge in [-0.25, -0.2) is 28.6 Å². The molecule has 3 aromatic rings. The molecule has 3 rings (SSSR count). The number of methoxy groups -OCH3 is 2. The van der Waals surface area contributed by atoms with Crippen molar-refractivity contribution in [3.05, 3.63) is 42.7 Å². The van der Waals surface area contributed by atoms with Gasteiger partial charge in [0, 0.05) is 6.07 Å². The van der Waals surface area contributed by atoms with Crippen LogP contribution in [-0.4, -0.2) is 32.6 Å². The molecule has 0 aliphatic rings. The summed E-state index contributed by atoms with van der Waals surface area (Å²) in [5, 5.41) is 0.636. The predicted molar refractivity (Wildman–Crippen MR) is 96.1 cm³/mol. The Morgan fingerprint density at radius 1 is 1.00 bits per heavy atom. The second-order valence-electron chi connectivity index (χ2n) is 5.08. The summed E-state index contributed by atoms with van der Waals surface area (Å²) in [7, 11) is 0.170. The summed E-state index contributed by atoms with van der Waals surface area (Å²) in [5.74, 6) is 7.27. The smallest absolute Gasteiger partial charge is 0.238 e. The fourth-order valence-electron chi connectivity index (χ4n) is 2.31. The van der Waals surface area contributed by atoms with Crippen LogP contribution in [0.15, 0.2) is 42.7 Å². The Bertz CT molecular complexity index is 999. The van der Waals surface area contributed by atoms with E-state index < -0.39 is 10.9 Å². The van der Waals surface area contributed by atoms with Gasteiger partial charge in [0.2, 0.25) is 16.8 Å². The van der Waals surface area contributed by atoms with E-state index in [1.54, 1.807) is 31.4 Å². The molecule has 26 heavy (non-hydrogen) atoms. The minimum Gasteiger partial charge on any atom is -0.493 e. The summed E-state index contributed by atoms with van der Waals surface area (Å²) < 4.78 is 38.8. The molecule has 0 saturated carbocycles. The molecule has 10 heteroatoms. The van der Waals surface area contributed by atoms with Crippen molar-refractivity contribution in [2.45, 2.75) is 0 Å². The lowest BCUT2D eigenvalue weighted by Crippen LogP contribution is -2.28. The second-order valence-corrected chi connectivity index (χ2v) is 5.99. The van der Waals surface area contributed by atoms with Crippen LogP contribution < -0.4 is 24.5 Å². The van der Waals surface area contributed by atoms with Crippen molar-refractivity contribution in [3.63, 3.8) is 0 Å². The molecule has 1 aromatic heterocycles. The molecule has 2 aromatic carbocycles. The zero-order valence-electron chi connectivity index (χ0n) is 13.9. The monoisotopic (exact) mass is 376 g/mol. The number of nitrogens with zero attached hydrogens (tertiary/aromatic N) is 3. The molecule has 0 amide bonds. The van der Waals surface area contributed by atoms with E-state index in [1.807, 2.05) is 0 Å². The van der Waals surface area contributed by atoms with Gasteiger partial charge in [-0.05, 0) is 30.3 Å². The normalized spacial score (nSPS) is 10.8. The van der Waals surface area contributed by atoms with Crippen LogP contribution in [-0.2, 0) is 10.9 Å². The lowest BCUT2D eigenvalue weighted by atomic mass is 10.2. The van der Waals surface area contributed by atoms with E-state index in [2.05, 4.69) is 9.97 Å². The molecule has 0 fully saturated rings. The average molecular weight is 376 g/mol.